The predicted octanol–water partition coefficient (Wildman–Crippen LogP) is 5.67. The van der Waals surface area contributed by atoms with Gasteiger partial charge in [-0.05, 0) is 42.7 Å². The molecule has 0 aliphatic heterocycles. The van der Waals surface area contributed by atoms with E-state index < -0.39 is 6.04 Å². The molecule has 0 radical (unpaired) electrons. The third-order valence-corrected chi connectivity index (χ3v) is 6.57. The summed E-state index contributed by atoms with van der Waals surface area (Å²) in [6.45, 7) is 4.88. The maximum Gasteiger partial charge on any atom is 0.242 e. The third-order valence-electron chi connectivity index (χ3n) is 4.70. The van der Waals surface area contributed by atoms with E-state index in [1.807, 2.05) is 48.5 Å². The average Bonchev–Trinajstić information content (AvgIpc) is 2.74. The predicted molar refractivity (Wildman–Crippen MR) is 130 cm³/mol. The first kappa shape index (κ1) is 24.8. The van der Waals surface area contributed by atoms with Crippen LogP contribution in [0.5, 0.6) is 0 Å². The van der Waals surface area contributed by atoms with Gasteiger partial charge in [0.25, 0.3) is 0 Å². The second kappa shape index (κ2) is 13.0. The minimum Gasteiger partial charge on any atom is -0.354 e. The summed E-state index contributed by atoms with van der Waals surface area (Å²) >= 11 is 11.1. The van der Waals surface area contributed by atoms with Crippen LogP contribution in [0.4, 0.5) is 0 Å². The Bertz CT molecular complexity index is 832. The van der Waals surface area contributed by atoms with Gasteiger partial charge in [0.15, 0.2) is 0 Å². The Balaban J connectivity index is 2.04. The molecule has 30 heavy (non-hydrogen) atoms. The fourth-order valence-electron chi connectivity index (χ4n) is 2.85. The van der Waals surface area contributed by atoms with Gasteiger partial charge in [-0.25, -0.2) is 0 Å². The molecule has 1 unspecified atom stereocenters. The van der Waals surface area contributed by atoms with E-state index in [9.17, 15) is 9.59 Å². The highest BCUT2D eigenvalue weighted by Gasteiger charge is 2.25. The van der Waals surface area contributed by atoms with Crippen LogP contribution in [0.25, 0.3) is 0 Å². The number of nitrogens with one attached hydrogen (secondary N) is 1. The van der Waals surface area contributed by atoms with Crippen LogP contribution < -0.4 is 5.32 Å². The Labute approximate surface area is 196 Å². The number of benzene rings is 2. The largest absolute Gasteiger partial charge is 0.354 e. The Hall–Kier alpha value is -1.50. The summed E-state index contributed by atoms with van der Waals surface area (Å²) in [6, 6.07) is 14.9. The van der Waals surface area contributed by atoms with Gasteiger partial charge in [-0.15, -0.1) is 11.8 Å². The number of hydrogen-bond acceptors (Lipinski definition) is 3. The van der Waals surface area contributed by atoms with Crippen LogP contribution >= 0.6 is 39.3 Å². The van der Waals surface area contributed by atoms with Crippen molar-refractivity contribution in [3.05, 3.63) is 69.2 Å². The van der Waals surface area contributed by atoms with Crippen molar-refractivity contribution in [3.8, 4) is 0 Å². The Morgan fingerprint density at radius 2 is 1.87 bits per heavy atom. The van der Waals surface area contributed by atoms with Crippen LogP contribution in [0.2, 0.25) is 5.02 Å². The van der Waals surface area contributed by atoms with Crippen LogP contribution in [0.15, 0.2) is 53.0 Å². The molecule has 4 nitrogen and oxygen atoms in total. The zero-order valence-corrected chi connectivity index (χ0v) is 20.5. The van der Waals surface area contributed by atoms with E-state index in [1.165, 1.54) is 11.8 Å². The number of amides is 2. The summed E-state index contributed by atoms with van der Waals surface area (Å²) in [5, 5.41) is 3.64. The first-order valence-electron chi connectivity index (χ1n) is 10.0. The molecule has 2 aromatic rings. The lowest BCUT2D eigenvalue weighted by atomic mass is 10.1. The number of rotatable bonds is 11. The molecule has 7 heteroatoms. The van der Waals surface area contributed by atoms with Crippen molar-refractivity contribution in [1.82, 2.24) is 10.2 Å². The number of halogens is 2. The van der Waals surface area contributed by atoms with E-state index in [1.54, 1.807) is 11.8 Å². The molecule has 0 fully saturated rings. The van der Waals surface area contributed by atoms with Crippen molar-refractivity contribution in [2.75, 3.05) is 12.3 Å². The maximum absolute atomic E-state index is 13.0. The quantitative estimate of drug-likeness (QED) is 0.396. The molecule has 2 rings (SSSR count). The van der Waals surface area contributed by atoms with Crippen molar-refractivity contribution in [2.24, 2.45) is 0 Å². The molecule has 0 spiro atoms. The summed E-state index contributed by atoms with van der Waals surface area (Å²) in [5.74, 6) is 0.751. The molecule has 0 bridgehead atoms. The minimum absolute atomic E-state index is 0.0619. The first-order chi connectivity index (χ1) is 14.4. The lowest BCUT2D eigenvalue weighted by molar-refractivity contribution is -0.138. The van der Waals surface area contributed by atoms with Crippen molar-refractivity contribution in [2.45, 2.75) is 45.0 Å². The van der Waals surface area contributed by atoms with Gasteiger partial charge in [-0.2, -0.15) is 0 Å². The number of carbonyl (C=O) groups is 2. The fourth-order valence-corrected chi connectivity index (χ4v) is 4.31. The fraction of sp³-hybridized carbons (Fsp3) is 0.391. The normalized spacial score (nSPS) is 11.7. The van der Waals surface area contributed by atoms with Gasteiger partial charge in [0.05, 0.1) is 5.75 Å². The van der Waals surface area contributed by atoms with Gasteiger partial charge in [0, 0.05) is 28.3 Å². The Kier molecular flexibility index (Phi) is 10.8. The van der Waals surface area contributed by atoms with E-state index in [0.717, 1.165) is 28.4 Å². The molecule has 2 amide bonds. The monoisotopic (exact) mass is 510 g/mol. The molecule has 1 atom stereocenters. The molecule has 0 saturated carbocycles. The summed E-state index contributed by atoms with van der Waals surface area (Å²) in [6.07, 6.45) is 1.93. The number of carbonyl (C=O) groups excluding carboxylic acids is 2. The molecule has 2 aromatic carbocycles. The average molecular weight is 512 g/mol. The molecular formula is C23H28BrClN2O2S. The highest BCUT2D eigenvalue weighted by molar-refractivity contribution is 9.10. The minimum atomic E-state index is -0.543. The van der Waals surface area contributed by atoms with Crippen LogP contribution in [0.1, 0.15) is 37.8 Å². The zero-order valence-electron chi connectivity index (χ0n) is 17.4. The van der Waals surface area contributed by atoms with Gasteiger partial charge in [-0.1, -0.05) is 71.2 Å². The molecule has 0 aliphatic rings. The van der Waals surface area contributed by atoms with Crippen molar-refractivity contribution < 1.29 is 9.59 Å². The summed E-state index contributed by atoms with van der Waals surface area (Å²) in [5.41, 5.74) is 1.98. The van der Waals surface area contributed by atoms with Crippen molar-refractivity contribution in [3.63, 3.8) is 0 Å². The summed E-state index contributed by atoms with van der Waals surface area (Å²) < 4.78 is 0.977. The van der Waals surface area contributed by atoms with Gasteiger partial charge in [-0.3, -0.25) is 9.59 Å². The van der Waals surface area contributed by atoms with Gasteiger partial charge in [0.1, 0.15) is 6.04 Å². The lowest BCUT2D eigenvalue weighted by Crippen LogP contribution is -2.48. The molecule has 0 saturated heterocycles. The molecule has 0 heterocycles. The second-order valence-electron chi connectivity index (χ2n) is 7.05. The van der Waals surface area contributed by atoms with Crippen LogP contribution in [0.3, 0.4) is 0 Å². The molecule has 0 aromatic heterocycles. The maximum atomic E-state index is 13.0. The van der Waals surface area contributed by atoms with Crippen LogP contribution in [0, 0.1) is 0 Å². The molecule has 1 N–H and O–H groups in total. The highest BCUT2D eigenvalue weighted by atomic mass is 79.9. The number of unbranched alkanes of at least 4 members (excludes halogenated alkanes) is 1. The van der Waals surface area contributed by atoms with E-state index in [2.05, 4.69) is 28.2 Å². The zero-order chi connectivity index (χ0) is 21.9. The Morgan fingerprint density at radius 1 is 1.17 bits per heavy atom. The van der Waals surface area contributed by atoms with E-state index in [0.29, 0.717) is 23.9 Å². The SMILES string of the molecule is CCCCNC(=O)C(C)N(Cc1ccc(Br)cc1)C(=O)CSCc1ccccc1Cl. The summed E-state index contributed by atoms with van der Waals surface area (Å²) in [7, 11) is 0. The van der Waals surface area contributed by atoms with Crippen molar-refractivity contribution >= 4 is 51.1 Å². The van der Waals surface area contributed by atoms with Gasteiger partial charge < -0.3 is 10.2 Å². The number of thioether (sulfide) groups is 1. The molecule has 0 aliphatic carbocycles. The lowest BCUT2D eigenvalue weighted by Gasteiger charge is -2.29. The standard InChI is InChI=1S/C23H28BrClN2O2S/c1-3-4-13-26-23(29)17(2)27(14-18-9-11-20(24)12-10-18)22(28)16-30-15-19-7-5-6-8-21(19)25/h5-12,17H,3-4,13-16H2,1-2H3,(H,26,29). The summed E-state index contributed by atoms with van der Waals surface area (Å²) in [4.78, 5) is 27.3. The van der Waals surface area contributed by atoms with E-state index in [4.69, 9.17) is 11.6 Å². The molecule has 162 valence electrons. The highest BCUT2D eigenvalue weighted by Crippen LogP contribution is 2.22. The third kappa shape index (κ3) is 7.97. The number of nitrogens with zero attached hydrogens (tertiary/aromatic N) is 1. The van der Waals surface area contributed by atoms with E-state index in [-0.39, 0.29) is 17.6 Å². The Morgan fingerprint density at radius 3 is 2.53 bits per heavy atom. The van der Waals surface area contributed by atoms with Gasteiger partial charge >= 0.3 is 0 Å². The van der Waals surface area contributed by atoms with E-state index >= 15 is 0 Å². The smallest absolute Gasteiger partial charge is 0.242 e. The van der Waals surface area contributed by atoms with Crippen molar-refractivity contribution in [1.29, 1.82) is 0 Å². The second-order valence-corrected chi connectivity index (χ2v) is 9.36. The van der Waals surface area contributed by atoms with Gasteiger partial charge in [0.2, 0.25) is 11.8 Å². The van der Waals surface area contributed by atoms with Crippen LogP contribution in [-0.2, 0) is 21.9 Å². The molecular weight excluding hydrogens is 484 g/mol. The number of hydrogen-bond donors (Lipinski definition) is 1. The topological polar surface area (TPSA) is 49.4 Å². The first-order valence-corrected chi connectivity index (χ1v) is 12.4. The van der Waals surface area contributed by atoms with Crippen LogP contribution in [-0.4, -0.2) is 35.1 Å².